The second-order valence-corrected chi connectivity index (χ2v) is 5.31. The maximum atomic E-state index is 12.3. The van der Waals surface area contributed by atoms with Gasteiger partial charge in [0.05, 0.1) is 11.0 Å². The number of nitrogens with zero attached hydrogens (tertiary/aromatic N) is 2. The van der Waals surface area contributed by atoms with E-state index in [1.165, 1.54) is 0 Å². The number of hydrogen-bond donors (Lipinski definition) is 0. The van der Waals surface area contributed by atoms with Crippen LogP contribution in [0.3, 0.4) is 0 Å². The Balaban J connectivity index is 2.33. The summed E-state index contributed by atoms with van der Waals surface area (Å²) in [6, 6.07) is 15.7. The Morgan fingerprint density at radius 3 is 2.76 bits per heavy atom. The highest BCUT2D eigenvalue weighted by atomic mass is 16.1. The lowest BCUT2D eigenvalue weighted by molar-refractivity contribution is 1.18. The van der Waals surface area contributed by atoms with Gasteiger partial charge in [-0.05, 0) is 29.7 Å². The van der Waals surface area contributed by atoms with Crippen molar-refractivity contribution in [1.82, 2.24) is 9.38 Å². The van der Waals surface area contributed by atoms with Crippen LogP contribution in [0.4, 0.5) is 0 Å². The molecule has 0 aliphatic heterocycles. The third-order valence-electron chi connectivity index (χ3n) is 4.21. The highest BCUT2D eigenvalue weighted by Crippen LogP contribution is 2.35. The van der Waals surface area contributed by atoms with Crippen LogP contribution < -0.4 is 5.56 Å². The van der Waals surface area contributed by atoms with Crippen LogP contribution in [0.15, 0.2) is 65.7 Å². The Morgan fingerprint density at radius 1 is 0.905 bits per heavy atom. The zero-order valence-electron chi connectivity index (χ0n) is 11.1. The SMILES string of the molecule is O=c1ccc2cc3ccncc3c3c4ccccc4n1c23. The predicted molar refractivity (Wildman–Crippen MR) is 85.2 cm³/mol. The van der Waals surface area contributed by atoms with Gasteiger partial charge in [0.2, 0.25) is 0 Å². The Kier molecular flexibility index (Phi) is 1.84. The molecule has 0 radical (unpaired) electrons. The van der Waals surface area contributed by atoms with Crippen LogP contribution in [0, 0.1) is 0 Å². The van der Waals surface area contributed by atoms with E-state index in [1.54, 1.807) is 12.3 Å². The van der Waals surface area contributed by atoms with Gasteiger partial charge >= 0.3 is 0 Å². The molecule has 0 atom stereocenters. The van der Waals surface area contributed by atoms with Gasteiger partial charge in [-0.15, -0.1) is 0 Å². The molecule has 3 heteroatoms. The van der Waals surface area contributed by atoms with E-state index in [0.29, 0.717) is 0 Å². The van der Waals surface area contributed by atoms with E-state index < -0.39 is 0 Å². The van der Waals surface area contributed by atoms with E-state index in [9.17, 15) is 4.79 Å². The van der Waals surface area contributed by atoms with E-state index >= 15 is 0 Å². The van der Waals surface area contributed by atoms with E-state index in [-0.39, 0.29) is 5.56 Å². The summed E-state index contributed by atoms with van der Waals surface area (Å²) in [6.45, 7) is 0. The molecule has 0 saturated carbocycles. The molecule has 0 N–H and O–H groups in total. The van der Waals surface area contributed by atoms with Gasteiger partial charge in [-0.1, -0.05) is 18.2 Å². The Hall–Kier alpha value is -2.94. The van der Waals surface area contributed by atoms with Gasteiger partial charge in [0, 0.05) is 40.0 Å². The van der Waals surface area contributed by atoms with Gasteiger partial charge in [-0.25, -0.2) is 0 Å². The van der Waals surface area contributed by atoms with Crippen molar-refractivity contribution < 1.29 is 0 Å². The average Bonchev–Trinajstić information content (AvgIpc) is 2.88. The predicted octanol–water partition coefficient (Wildman–Crippen LogP) is 3.59. The minimum Gasteiger partial charge on any atom is -0.276 e. The first kappa shape index (κ1) is 10.8. The lowest BCUT2D eigenvalue weighted by atomic mass is 10.0. The minimum absolute atomic E-state index is 0.0111. The average molecular weight is 270 g/mol. The van der Waals surface area contributed by atoms with Crippen LogP contribution in [0.1, 0.15) is 0 Å². The first-order chi connectivity index (χ1) is 10.3. The quantitative estimate of drug-likeness (QED) is 0.403. The summed E-state index contributed by atoms with van der Waals surface area (Å²) in [5, 5.41) is 5.54. The number of para-hydroxylation sites is 1. The summed E-state index contributed by atoms with van der Waals surface area (Å²) in [7, 11) is 0. The van der Waals surface area contributed by atoms with Crippen LogP contribution >= 0.6 is 0 Å². The fourth-order valence-electron chi connectivity index (χ4n) is 3.35. The zero-order chi connectivity index (χ0) is 14.0. The fourth-order valence-corrected chi connectivity index (χ4v) is 3.35. The molecule has 5 aromatic rings. The number of rotatable bonds is 0. The minimum atomic E-state index is 0.0111. The topological polar surface area (TPSA) is 34.4 Å². The van der Waals surface area contributed by atoms with Crippen molar-refractivity contribution in [1.29, 1.82) is 0 Å². The molecule has 3 heterocycles. The van der Waals surface area contributed by atoms with Crippen molar-refractivity contribution in [2.45, 2.75) is 0 Å². The molecule has 3 nitrogen and oxygen atoms in total. The van der Waals surface area contributed by atoms with Crippen LogP contribution in [0.2, 0.25) is 0 Å². The third-order valence-corrected chi connectivity index (χ3v) is 4.21. The van der Waals surface area contributed by atoms with Crippen molar-refractivity contribution in [2.24, 2.45) is 0 Å². The Morgan fingerprint density at radius 2 is 1.81 bits per heavy atom. The van der Waals surface area contributed by atoms with Gasteiger partial charge in [-0.2, -0.15) is 0 Å². The largest absolute Gasteiger partial charge is 0.276 e. The second-order valence-electron chi connectivity index (χ2n) is 5.31. The van der Waals surface area contributed by atoms with Crippen molar-refractivity contribution >= 4 is 38.0 Å². The molecule has 2 aromatic carbocycles. The highest BCUT2D eigenvalue weighted by molar-refractivity contribution is 6.25. The molecular weight excluding hydrogens is 260 g/mol. The van der Waals surface area contributed by atoms with Gasteiger partial charge in [0.15, 0.2) is 0 Å². The summed E-state index contributed by atoms with van der Waals surface area (Å²) < 4.78 is 1.81. The maximum Gasteiger partial charge on any atom is 0.255 e. The summed E-state index contributed by atoms with van der Waals surface area (Å²) in [6.07, 6.45) is 3.69. The van der Waals surface area contributed by atoms with Crippen LogP contribution in [0.5, 0.6) is 0 Å². The van der Waals surface area contributed by atoms with E-state index in [1.807, 2.05) is 40.9 Å². The van der Waals surface area contributed by atoms with Gasteiger partial charge in [0.25, 0.3) is 5.56 Å². The van der Waals surface area contributed by atoms with Crippen molar-refractivity contribution in [3.63, 3.8) is 0 Å². The number of aromatic nitrogens is 2. The summed E-state index contributed by atoms with van der Waals surface area (Å²) in [5.41, 5.74) is 1.96. The summed E-state index contributed by atoms with van der Waals surface area (Å²) in [4.78, 5) is 16.6. The van der Waals surface area contributed by atoms with Gasteiger partial charge < -0.3 is 0 Å². The first-order valence-corrected chi connectivity index (χ1v) is 6.87. The number of benzene rings is 2. The zero-order valence-corrected chi connectivity index (χ0v) is 11.1. The third kappa shape index (κ3) is 1.23. The van der Waals surface area contributed by atoms with Crippen molar-refractivity contribution in [2.75, 3.05) is 0 Å². The van der Waals surface area contributed by atoms with Crippen molar-refractivity contribution in [3.8, 4) is 0 Å². The molecule has 5 rings (SSSR count). The van der Waals surface area contributed by atoms with Crippen molar-refractivity contribution in [3.05, 3.63) is 71.3 Å². The molecule has 21 heavy (non-hydrogen) atoms. The van der Waals surface area contributed by atoms with Gasteiger partial charge in [0.1, 0.15) is 0 Å². The van der Waals surface area contributed by atoms with E-state index in [4.69, 9.17) is 0 Å². The fraction of sp³-hybridized carbons (Fsp3) is 0. The van der Waals surface area contributed by atoms with E-state index in [0.717, 1.165) is 38.0 Å². The normalized spacial score (nSPS) is 12.0. The van der Waals surface area contributed by atoms with Crippen LogP contribution in [-0.4, -0.2) is 9.38 Å². The second kappa shape index (κ2) is 3.58. The molecule has 0 amide bonds. The van der Waals surface area contributed by atoms with Crippen LogP contribution in [-0.2, 0) is 0 Å². The Labute approximate surface area is 119 Å². The molecule has 98 valence electrons. The molecule has 0 bridgehead atoms. The number of hydrogen-bond acceptors (Lipinski definition) is 2. The summed E-state index contributed by atoms with van der Waals surface area (Å²) in [5.74, 6) is 0. The summed E-state index contributed by atoms with van der Waals surface area (Å²) >= 11 is 0. The standard InChI is InChI=1S/C18H10N2O/c21-16-6-5-12-9-11-7-8-19-10-14(11)17-13-3-1-2-4-15(13)20(16)18(12)17/h1-10H. The maximum absolute atomic E-state index is 12.3. The smallest absolute Gasteiger partial charge is 0.255 e. The monoisotopic (exact) mass is 270 g/mol. The number of pyridine rings is 2. The highest BCUT2D eigenvalue weighted by Gasteiger charge is 2.15. The molecule has 0 saturated heterocycles. The van der Waals surface area contributed by atoms with Crippen LogP contribution in [0.25, 0.3) is 38.0 Å². The first-order valence-electron chi connectivity index (χ1n) is 6.87. The van der Waals surface area contributed by atoms with E-state index in [2.05, 4.69) is 17.1 Å². The molecule has 0 aliphatic rings. The number of fused-ring (bicyclic) bond motifs is 5. The Bertz CT molecular complexity index is 1200. The molecule has 3 aromatic heterocycles. The molecule has 0 aliphatic carbocycles. The molecular formula is C18H10N2O. The van der Waals surface area contributed by atoms with Gasteiger partial charge in [-0.3, -0.25) is 14.2 Å². The molecule has 0 fully saturated rings. The molecule has 0 unspecified atom stereocenters. The lowest BCUT2D eigenvalue weighted by Crippen LogP contribution is -2.09. The molecule has 0 spiro atoms. The lowest BCUT2D eigenvalue weighted by Gasteiger charge is -2.04.